The van der Waals surface area contributed by atoms with Crippen LogP contribution in [0.25, 0.3) is 33.5 Å². The fourth-order valence-electron chi connectivity index (χ4n) is 3.83. The van der Waals surface area contributed by atoms with E-state index < -0.39 is 5.76 Å². The number of rotatable bonds is 6. The molecule has 3 aromatic heterocycles. The van der Waals surface area contributed by atoms with Gasteiger partial charge < -0.3 is 14.0 Å². The molecule has 0 fully saturated rings. The van der Waals surface area contributed by atoms with Gasteiger partial charge in [0.15, 0.2) is 0 Å². The van der Waals surface area contributed by atoms with E-state index in [0.717, 1.165) is 40.9 Å². The molecule has 0 bridgehead atoms. The van der Waals surface area contributed by atoms with Gasteiger partial charge in [-0.25, -0.2) is 19.7 Å². The second kappa shape index (κ2) is 7.42. The maximum absolute atomic E-state index is 12.6. The van der Waals surface area contributed by atoms with Crippen LogP contribution in [0.4, 0.5) is 0 Å². The summed E-state index contributed by atoms with van der Waals surface area (Å²) in [6, 6.07) is 13.3. The normalized spacial score (nSPS) is 11.8. The number of imidazole rings is 2. The molecule has 31 heavy (non-hydrogen) atoms. The van der Waals surface area contributed by atoms with E-state index in [9.17, 15) is 9.59 Å². The average molecular weight is 418 g/mol. The van der Waals surface area contributed by atoms with Gasteiger partial charge in [0, 0.05) is 12.1 Å². The summed E-state index contributed by atoms with van der Waals surface area (Å²) in [7, 11) is 0. The first-order valence-electron chi connectivity index (χ1n) is 10.2. The first-order valence-corrected chi connectivity index (χ1v) is 10.2. The number of fused-ring (bicyclic) bond motifs is 2. The molecule has 0 spiro atoms. The SMILES string of the molecule is CC(C)CCn1c(Cn2c(=O)[nH]c3ccccc32)nc2cc(-c3n[nH]c(=O)o3)ccc21. The Morgan fingerprint density at radius 2 is 1.90 bits per heavy atom. The summed E-state index contributed by atoms with van der Waals surface area (Å²) in [5, 5.41) is 6.18. The number of aryl methyl sites for hydroxylation is 1. The summed E-state index contributed by atoms with van der Waals surface area (Å²) in [4.78, 5) is 31.6. The van der Waals surface area contributed by atoms with Crippen molar-refractivity contribution < 1.29 is 4.42 Å². The Morgan fingerprint density at radius 3 is 2.68 bits per heavy atom. The maximum atomic E-state index is 12.6. The number of nitrogens with zero attached hydrogens (tertiary/aromatic N) is 4. The second-order valence-corrected chi connectivity index (χ2v) is 8.02. The van der Waals surface area contributed by atoms with Crippen LogP contribution in [0.3, 0.4) is 0 Å². The Kier molecular flexibility index (Phi) is 4.58. The van der Waals surface area contributed by atoms with Crippen LogP contribution in [0.1, 0.15) is 26.1 Å². The zero-order valence-corrected chi connectivity index (χ0v) is 17.3. The van der Waals surface area contributed by atoms with E-state index >= 15 is 0 Å². The Morgan fingerprint density at radius 1 is 1.06 bits per heavy atom. The molecule has 5 rings (SSSR count). The molecular formula is C22H22N6O3. The minimum absolute atomic E-state index is 0.164. The molecule has 0 amide bonds. The smallest absolute Gasteiger partial charge is 0.388 e. The Bertz CT molecular complexity index is 1500. The number of para-hydroxylation sites is 2. The molecule has 0 saturated carbocycles. The van der Waals surface area contributed by atoms with Crippen LogP contribution in [0.2, 0.25) is 0 Å². The van der Waals surface area contributed by atoms with E-state index in [1.54, 1.807) is 4.57 Å². The van der Waals surface area contributed by atoms with Gasteiger partial charge in [-0.2, -0.15) is 0 Å². The minimum atomic E-state index is -0.600. The summed E-state index contributed by atoms with van der Waals surface area (Å²) >= 11 is 0. The van der Waals surface area contributed by atoms with Crippen molar-refractivity contribution in [3.63, 3.8) is 0 Å². The molecule has 0 radical (unpaired) electrons. The number of hydrogen-bond acceptors (Lipinski definition) is 5. The molecule has 9 heteroatoms. The largest absolute Gasteiger partial charge is 0.434 e. The number of hydrogen-bond donors (Lipinski definition) is 2. The van der Waals surface area contributed by atoms with Crippen molar-refractivity contribution >= 4 is 22.1 Å². The van der Waals surface area contributed by atoms with Gasteiger partial charge in [0.1, 0.15) is 5.82 Å². The molecule has 2 aromatic carbocycles. The van der Waals surface area contributed by atoms with E-state index in [1.807, 2.05) is 42.5 Å². The summed E-state index contributed by atoms with van der Waals surface area (Å²) in [6.07, 6.45) is 0.983. The van der Waals surface area contributed by atoms with Crippen molar-refractivity contribution in [2.75, 3.05) is 0 Å². The fourth-order valence-corrected chi connectivity index (χ4v) is 3.83. The van der Waals surface area contributed by atoms with Crippen molar-refractivity contribution in [2.45, 2.75) is 33.4 Å². The number of aromatic amines is 2. The zero-order valence-electron chi connectivity index (χ0n) is 17.3. The first kappa shape index (κ1) is 19.1. The maximum Gasteiger partial charge on any atom is 0.434 e. The van der Waals surface area contributed by atoms with Gasteiger partial charge in [-0.05, 0) is 42.7 Å². The topological polar surface area (TPSA) is 114 Å². The molecule has 0 aliphatic carbocycles. The van der Waals surface area contributed by atoms with Gasteiger partial charge in [0.25, 0.3) is 0 Å². The predicted molar refractivity (Wildman–Crippen MR) is 117 cm³/mol. The number of aromatic nitrogens is 6. The highest BCUT2D eigenvalue weighted by atomic mass is 16.4. The van der Waals surface area contributed by atoms with Crippen LogP contribution in [0.5, 0.6) is 0 Å². The summed E-state index contributed by atoms with van der Waals surface area (Å²) < 4.78 is 8.94. The molecule has 0 aliphatic rings. The lowest BCUT2D eigenvalue weighted by Crippen LogP contribution is -2.20. The predicted octanol–water partition coefficient (Wildman–Crippen LogP) is 3.12. The quantitative estimate of drug-likeness (QED) is 0.440. The van der Waals surface area contributed by atoms with Crippen molar-refractivity contribution in [3.8, 4) is 11.5 Å². The molecule has 0 unspecified atom stereocenters. The third-order valence-electron chi connectivity index (χ3n) is 5.42. The Labute approximate surface area is 176 Å². The van der Waals surface area contributed by atoms with E-state index in [2.05, 4.69) is 33.6 Å². The van der Waals surface area contributed by atoms with Crippen molar-refractivity contribution in [2.24, 2.45) is 5.92 Å². The Balaban J connectivity index is 1.62. The highest BCUT2D eigenvalue weighted by molar-refractivity contribution is 5.81. The number of benzene rings is 2. The van der Waals surface area contributed by atoms with Gasteiger partial charge in [0.2, 0.25) is 5.89 Å². The highest BCUT2D eigenvalue weighted by Gasteiger charge is 2.16. The highest BCUT2D eigenvalue weighted by Crippen LogP contribution is 2.25. The van der Waals surface area contributed by atoms with E-state index in [1.165, 1.54) is 0 Å². The summed E-state index contributed by atoms with van der Waals surface area (Å²) in [5.41, 5.74) is 3.86. The second-order valence-electron chi connectivity index (χ2n) is 8.02. The fraction of sp³-hybridized carbons (Fsp3) is 0.273. The summed E-state index contributed by atoms with van der Waals surface area (Å²) in [5.74, 6) is 0.942. The standard InChI is InChI=1S/C22H22N6O3/c1-13(2)9-10-27-18-8-7-14(20-25-26-22(30)31-20)11-16(18)23-19(27)12-28-17-6-4-3-5-15(17)24-21(28)29/h3-8,11,13H,9-10,12H2,1-2H3,(H,24,29)(H,26,30). The lowest BCUT2D eigenvalue weighted by molar-refractivity contribution is 0.507. The van der Waals surface area contributed by atoms with Crippen molar-refractivity contribution in [1.29, 1.82) is 0 Å². The molecule has 5 aromatic rings. The minimum Gasteiger partial charge on any atom is -0.388 e. The first-order chi connectivity index (χ1) is 15.0. The van der Waals surface area contributed by atoms with Crippen LogP contribution in [0.15, 0.2) is 56.5 Å². The van der Waals surface area contributed by atoms with Crippen LogP contribution in [-0.2, 0) is 13.1 Å². The van der Waals surface area contributed by atoms with E-state index in [0.29, 0.717) is 18.0 Å². The molecule has 158 valence electrons. The van der Waals surface area contributed by atoms with E-state index in [-0.39, 0.29) is 11.6 Å². The molecule has 0 atom stereocenters. The van der Waals surface area contributed by atoms with Crippen LogP contribution >= 0.6 is 0 Å². The summed E-state index contributed by atoms with van der Waals surface area (Å²) in [6.45, 7) is 5.50. The monoisotopic (exact) mass is 418 g/mol. The molecule has 2 N–H and O–H groups in total. The zero-order chi connectivity index (χ0) is 21.5. The van der Waals surface area contributed by atoms with Crippen LogP contribution < -0.4 is 11.4 Å². The lowest BCUT2D eigenvalue weighted by atomic mass is 10.1. The van der Waals surface area contributed by atoms with E-state index in [4.69, 9.17) is 9.40 Å². The number of H-pyrrole nitrogens is 2. The molecule has 0 aliphatic heterocycles. The van der Waals surface area contributed by atoms with Gasteiger partial charge in [0.05, 0.1) is 28.6 Å². The van der Waals surface area contributed by atoms with Crippen molar-refractivity contribution in [3.05, 3.63) is 69.3 Å². The van der Waals surface area contributed by atoms with Gasteiger partial charge >= 0.3 is 11.4 Å². The van der Waals surface area contributed by atoms with Gasteiger partial charge in [-0.3, -0.25) is 4.57 Å². The third-order valence-corrected chi connectivity index (χ3v) is 5.42. The number of nitrogens with one attached hydrogen (secondary N) is 2. The molecule has 0 saturated heterocycles. The molecular weight excluding hydrogens is 396 g/mol. The molecule has 3 heterocycles. The third kappa shape index (κ3) is 3.48. The van der Waals surface area contributed by atoms with Gasteiger partial charge in [-0.1, -0.05) is 26.0 Å². The lowest BCUT2D eigenvalue weighted by Gasteiger charge is -2.11. The van der Waals surface area contributed by atoms with Gasteiger partial charge in [-0.15, -0.1) is 5.10 Å². The van der Waals surface area contributed by atoms with Crippen molar-refractivity contribution in [1.82, 2.24) is 29.3 Å². The molecule has 9 nitrogen and oxygen atoms in total. The Hall–Kier alpha value is -3.88. The van der Waals surface area contributed by atoms with Crippen LogP contribution in [0, 0.1) is 5.92 Å². The average Bonchev–Trinajstić information content (AvgIpc) is 3.42. The van der Waals surface area contributed by atoms with Crippen LogP contribution in [-0.4, -0.2) is 29.3 Å².